The minimum absolute atomic E-state index is 0.0537. The van der Waals surface area contributed by atoms with Crippen LogP contribution in [0.1, 0.15) is 37.5 Å². The van der Waals surface area contributed by atoms with Crippen LogP contribution in [0.3, 0.4) is 0 Å². The van der Waals surface area contributed by atoms with Crippen LogP contribution in [0.15, 0.2) is 61.3 Å². The predicted molar refractivity (Wildman–Crippen MR) is 114 cm³/mol. The van der Waals surface area contributed by atoms with Crippen LogP contribution in [0.2, 0.25) is 10.0 Å². The summed E-state index contributed by atoms with van der Waals surface area (Å²) in [7, 11) is 0. The van der Waals surface area contributed by atoms with Gasteiger partial charge in [0.1, 0.15) is 0 Å². The molecule has 4 aromatic rings. The van der Waals surface area contributed by atoms with Crippen LogP contribution in [0, 0.1) is 5.82 Å². The van der Waals surface area contributed by atoms with Gasteiger partial charge >= 0.3 is 0 Å². The highest BCUT2D eigenvalue weighted by Crippen LogP contribution is 2.28. The Hall–Kier alpha value is -3.29. The number of pyridine rings is 1. The molecule has 0 amide bonds. The van der Waals surface area contributed by atoms with Gasteiger partial charge in [-0.05, 0) is 35.4 Å². The molecule has 3 aromatic heterocycles. The van der Waals surface area contributed by atoms with Crippen LogP contribution in [0.4, 0.5) is 4.39 Å². The number of benzene rings is 1. The number of ketones is 2. The highest BCUT2D eigenvalue weighted by molar-refractivity contribution is 6.37. The minimum atomic E-state index is -0.894. The third kappa shape index (κ3) is 4.57. The Bertz CT molecular complexity index is 1270. The normalized spacial score (nSPS) is 10.9. The van der Waals surface area contributed by atoms with E-state index in [0.717, 1.165) is 11.1 Å². The third-order valence-electron chi connectivity index (χ3n) is 4.64. The van der Waals surface area contributed by atoms with Crippen molar-refractivity contribution in [3.8, 4) is 0 Å². The van der Waals surface area contributed by atoms with Crippen molar-refractivity contribution in [2.75, 3.05) is 0 Å². The van der Waals surface area contributed by atoms with Crippen LogP contribution >= 0.6 is 23.2 Å². The molecule has 0 atom stereocenters. The van der Waals surface area contributed by atoms with Gasteiger partial charge in [-0.1, -0.05) is 29.3 Å². The predicted octanol–water partition coefficient (Wildman–Crippen LogP) is 4.76. The molecule has 0 saturated carbocycles. The van der Waals surface area contributed by atoms with E-state index in [2.05, 4.69) is 15.1 Å². The van der Waals surface area contributed by atoms with Crippen LogP contribution in [-0.4, -0.2) is 31.3 Å². The number of hydrogen-bond donors (Lipinski definition) is 1. The molecule has 0 aliphatic rings. The molecule has 0 unspecified atom stereocenters. The molecule has 0 bridgehead atoms. The Morgan fingerprint density at radius 2 is 1.90 bits per heavy atom. The van der Waals surface area contributed by atoms with Crippen molar-refractivity contribution in [2.24, 2.45) is 0 Å². The Morgan fingerprint density at radius 3 is 2.68 bits per heavy atom. The number of carbonyl (C=O) groups is 2. The number of aromatic nitrogens is 4. The van der Waals surface area contributed by atoms with Gasteiger partial charge in [-0.15, -0.1) is 0 Å². The second-order valence-electron chi connectivity index (χ2n) is 6.86. The molecule has 1 N–H and O–H groups in total. The first-order valence-corrected chi connectivity index (χ1v) is 9.98. The standard InChI is InChI=1S/C22H15Cl2FN4O2/c23-16-3-4-17(24)21(25)20(16)22(31)15-7-18(27-10-15)19(30)6-14-9-28-29(12-14)11-13-2-1-5-26-8-13/h1-5,7-10,12,27H,6,11H2. The molecule has 3 heterocycles. The highest BCUT2D eigenvalue weighted by atomic mass is 35.5. The summed E-state index contributed by atoms with van der Waals surface area (Å²) in [5, 5.41) is 4.00. The molecule has 0 radical (unpaired) electrons. The molecule has 9 heteroatoms. The van der Waals surface area contributed by atoms with Crippen molar-refractivity contribution in [3.05, 3.63) is 105 Å². The van der Waals surface area contributed by atoms with Crippen molar-refractivity contribution >= 4 is 34.8 Å². The molecular formula is C22H15Cl2FN4O2. The van der Waals surface area contributed by atoms with Crippen LogP contribution in [0.5, 0.6) is 0 Å². The fraction of sp³-hybridized carbons (Fsp3) is 0.0909. The van der Waals surface area contributed by atoms with Gasteiger partial charge in [-0.25, -0.2) is 4.39 Å². The zero-order valence-corrected chi connectivity index (χ0v) is 17.5. The van der Waals surface area contributed by atoms with E-state index >= 15 is 0 Å². The van der Waals surface area contributed by atoms with E-state index < -0.39 is 11.6 Å². The van der Waals surface area contributed by atoms with Gasteiger partial charge in [0.05, 0.1) is 34.0 Å². The van der Waals surface area contributed by atoms with Gasteiger partial charge in [0, 0.05) is 36.8 Å². The molecule has 156 valence electrons. The molecule has 0 spiro atoms. The molecule has 1 aromatic carbocycles. The van der Waals surface area contributed by atoms with Gasteiger partial charge in [-0.3, -0.25) is 19.3 Å². The van der Waals surface area contributed by atoms with Crippen molar-refractivity contribution < 1.29 is 14.0 Å². The fourth-order valence-electron chi connectivity index (χ4n) is 3.11. The van der Waals surface area contributed by atoms with Crippen LogP contribution in [0.25, 0.3) is 0 Å². The molecule has 0 aliphatic heterocycles. The number of rotatable bonds is 7. The third-order valence-corrected chi connectivity index (χ3v) is 5.24. The van der Waals surface area contributed by atoms with Crippen LogP contribution < -0.4 is 0 Å². The van der Waals surface area contributed by atoms with E-state index in [1.807, 2.05) is 12.1 Å². The van der Waals surface area contributed by atoms with Gasteiger partial charge in [0.15, 0.2) is 17.4 Å². The molecule has 31 heavy (non-hydrogen) atoms. The van der Waals surface area contributed by atoms with Gasteiger partial charge in [0.25, 0.3) is 0 Å². The number of nitrogens with one attached hydrogen (secondary N) is 1. The minimum Gasteiger partial charge on any atom is -0.358 e. The maximum Gasteiger partial charge on any atom is 0.199 e. The Balaban J connectivity index is 1.47. The lowest BCUT2D eigenvalue weighted by atomic mass is 10.0. The van der Waals surface area contributed by atoms with Gasteiger partial charge in [0.2, 0.25) is 0 Å². The van der Waals surface area contributed by atoms with Gasteiger partial charge < -0.3 is 4.98 Å². The molecule has 0 fully saturated rings. The average Bonchev–Trinajstić information content (AvgIpc) is 3.42. The maximum absolute atomic E-state index is 14.3. The van der Waals surface area contributed by atoms with E-state index in [9.17, 15) is 14.0 Å². The van der Waals surface area contributed by atoms with E-state index in [0.29, 0.717) is 6.54 Å². The topological polar surface area (TPSA) is 80.6 Å². The summed E-state index contributed by atoms with van der Waals surface area (Å²) in [5.74, 6) is -1.79. The first-order valence-electron chi connectivity index (χ1n) is 9.22. The van der Waals surface area contributed by atoms with Gasteiger partial charge in [-0.2, -0.15) is 5.10 Å². The van der Waals surface area contributed by atoms with E-state index in [4.69, 9.17) is 23.2 Å². The lowest BCUT2D eigenvalue weighted by Gasteiger charge is -2.05. The summed E-state index contributed by atoms with van der Waals surface area (Å²) in [6.45, 7) is 0.537. The van der Waals surface area contributed by atoms with Crippen molar-refractivity contribution in [1.82, 2.24) is 19.7 Å². The molecular weight excluding hydrogens is 442 g/mol. The summed E-state index contributed by atoms with van der Waals surface area (Å²) in [6, 6.07) is 7.78. The Morgan fingerprint density at radius 1 is 1.10 bits per heavy atom. The fourth-order valence-corrected chi connectivity index (χ4v) is 3.50. The lowest BCUT2D eigenvalue weighted by Crippen LogP contribution is -2.06. The zero-order chi connectivity index (χ0) is 22.0. The Labute approximate surface area is 186 Å². The summed E-state index contributed by atoms with van der Waals surface area (Å²) >= 11 is 11.7. The number of hydrogen-bond acceptors (Lipinski definition) is 4. The number of aromatic amines is 1. The van der Waals surface area contributed by atoms with E-state index in [1.165, 1.54) is 24.4 Å². The quantitative estimate of drug-likeness (QED) is 0.321. The number of H-pyrrole nitrogens is 1. The molecule has 0 saturated heterocycles. The lowest BCUT2D eigenvalue weighted by molar-refractivity contribution is 0.0988. The highest BCUT2D eigenvalue weighted by Gasteiger charge is 2.22. The van der Waals surface area contributed by atoms with Crippen molar-refractivity contribution in [3.63, 3.8) is 0 Å². The average molecular weight is 457 g/mol. The smallest absolute Gasteiger partial charge is 0.199 e. The number of halogens is 3. The molecule has 0 aliphatic carbocycles. The SMILES string of the molecule is O=C(Cc1cnn(Cc2cccnc2)c1)c1cc(C(=O)c2c(Cl)ccc(Cl)c2F)c[nH]1. The maximum atomic E-state index is 14.3. The molecule has 6 nitrogen and oxygen atoms in total. The largest absolute Gasteiger partial charge is 0.358 e. The summed E-state index contributed by atoms with van der Waals surface area (Å²) < 4.78 is 16.0. The van der Waals surface area contributed by atoms with E-state index in [-0.39, 0.29) is 39.1 Å². The van der Waals surface area contributed by atoms with Crippen molar-refractivity contribution in [1.29, 1.82) is 0 Å². The summed E-state index contributed by atoms with van der Waals surface area (Å²) in [6.07, 6.45) is 8.27. The number of Topliss-reactive ketones (excluding diaryl/α,β-unsaturated/α-hetero) is 1. The first kappa shape index (κ1) is 21.0. The number of carbonyl (C=O) groups excluding carboxylic acids is 2. The second-order valence-corrected chi connectivity index (χ2v) is 7.67. The Kier molecular flexibility index (Phi) is 5.97. The second kappa shape index (κ2) is 8.83. The van der Waals surface area contributed by atoms with Crippen LogP contribution in [-0.2, 0) is 13.0 Å². The van der Waals surface area contributed by atoms with Crippen molar-refractivity contribution in [2.45, 2.75) is 13.0 Å². The van der Waals surface area contributed by atoms with E-state index in [1.54, 1.807) is 29.5 Å². The molecule has 4 rings (SSSR count). The number of nitrogens with zero attached hydrogens (tertiary/aromatic N) is 3. The first-order chi connectivity index (χ1) is 14.9. The summed E-state index contributed by atoms with van der Waals surface area (Å²) in [4.78, 5) is 32.1. The summed E-state index contributed by atoms with van der Waals surface area (Å²) in [5.41, 5.74) is 1.72. The zero-order valence-electron chi connectivity index (χ0n) is 16.0. The monoisotopic (exact) mass is 456 g/mol.